The minimum absolute atomic E-state index is 0.198. The lowest BCUT2D eigenvalue weighted by Gasteiger charge is -2.34. The first-order chi connectivity index (χ1) is 11.0. The van der Waals surface area contributed by atoms with Crippen LogP contribution in [0.5, 0.6) is 0 Å². The zero-order chi connectivity index (χ0) is 18.7. The van der Waals surface area contributed by atoms with Gasteiger partial charge in [0.05, 0.1) is 24.2 Å². The van der Waals surface area contributed by atoms with Crippen LogP contribution in [-0.4, -0.2) is 62.7 Å². The Labute approximate surface area is 142 Å². The van der Waals surface area contributed by atoms with E-state index in [1.807, 2.05) is 0 Å². The molecule has 0 amide bonds. The molecule has 0 saturated carbocycles. The molecule has 0 bridgehead atoms. The number of ether oxygens (including phenoxy) is 1. The number of hydrogen-bond donors (Lipinski definition) is 4. The lowest BCUT2D eigenvalue weighted by atomic mass is 9.81. The molecule has 24 heavy (non-hydrogen) atoms. The van der Waals surface area contributed by atoms with Gasteiger partial charge in [0, 0.05) is 11.8 Å². The van der Waals surface area contributed by atoms with E-state index in [0.717, 1.165) is 0 Å². The molecule has 1 heterocycles. The van der Waals surface area contributed by atoms with Crippen LogP contribution in [-0.2, 0) is 14.3 Å². The number of Topliss-reactive ketones (excluding diaryl/α,β-unsaturated/α-hetero) is 1. The summed E-state index contributed by atoms with van der Waals surface area (Å²) >= 11 is 0. The van der Waals surface area contributed by atoms with E-state index in [4.69, 9.17) is 4.74 Å². The summed E-state index contributed by atoms with van der Waals surface area (Å²) in [6.07, 6.45) is -2.55. The van der Waals surface area contributed by atoms with Gasteiger partial charge in [-0.15, -0.1) is 0 Å². The lowest BCUT2D eigenvalue weighted by Crippen LogP contribution is -2.50. The maximum atomic E-state index is 12.4. The molecule has 7 nitrogen and oxygen atoms in total. The molecular weight excluding hydrogens is 316 g/mol. The van der Waals surface area contributed by atoms with Crippen LogP contribution in [0.25, 0.3) is 0 Å². The molecule has 0 aromatic rings. The molecule has 140 valence electrons. The number of rotatable bonds is 0. The number of hydrogen-bond acceptors (Lipinski definition) is 7. The first-order valence-electron chi connectivity index (χ1n) is 8.44. The molecule has 1 fully saturated rings. The summed E-state index contributed by atoms with van der Waals surface area (Å²) in [6, 6.07) is 0. The van der Waals surface area contributed by atoms with E-state index in [1.165, 1.54) is 20.8 Å². The second kappa shape index (κ2) is 8.38. The van der Waals surface area contributed by atoms with Crippen molar-refractivity contribution < 1.29 is 34.8 Å². The largest absolute Gasteiger partial charge is 0.462 e. The SMILES string of the molecule is CC1C(=O)[C@H](C)CC(O)CC[C@H](O)C(C)C(=O)OC[C@@](C)(O)C1O. The molecule has 0 aromatic heterocycles. The second-order valence-corrected chi connectivity index (χ2v) is 7.32. The van der Waals surface area contributed by atoms with E-state index in [-0.39, 0.29) is 25.0 Å². The van der Waals surface area contributed by atoms with Crippen molar-refractivity contribution in [2.75, 3.05) is 6.61 Å². The molecule has 0 spiro atoms. The molecule has 1 rings (SSSR count). The van der Waals surface area contributed by atoms with Crippen molar-refractivity contribution in [2.45, 2.75) is 70.9 Å². The van der Waals surface area contributed by atoms with Crippen molar-refractivity contribution in [2.24, 2.45) is 17.8 Å². The highest BCUT2D eigenvalue weighted by Crippen LogP contribution is 2.25. The monoisotopic (exact) mass is 346 g/mol. The van der Waals surface area contributed by atoms with E-state index in [9.17, 15) is 30.0 Å². The number of aliphatic hydroxyl groups excluding tert-OH is 3. The van der Waals surface area contributed by atoms with Gasteiger partial charge in [-0.1, -0.05) is 13.8 Å². The third-order valence-electron chi connectivity index (χ3n) is 4.92. The van der Waals surface area contributed by atoms with Crippen LogP contribution in [0, 0.1) is 17.8 Å². The van der Waals surface area contributed by atoms with Gasteiger partial charge in [0.2, 0.25) is 0 Å². The highest BCUT2D eigenvalue weighted by molar-refractivity contribution is 5.83. The summed E-state index contributed by atoms with van der Waals surface area (Å²) in [5.41, 5.74) is -1.79. The smallest absolute Gasteiger partial charge is 0.311 e. The third-order valence-corrected chi connectivity index (χ3v) is 4.92. The molecule has 1 aliphatic heterocycles. The van der Waals surface area contributed by atoms with Crippen molar-refractivity contribution in [3.8, 4) is 0 Å². The standard InChI is InChI=1S/C17H30O7/c1-9-7-12(18)5-6-13(19)10(2)16(22)24-8-17(4,23)15(21)11(3)14(9)20/h9-13,15,18-19,21,23H,5-8H2,1-4H3/t9-,10?,11?,12?,13+,15?,17-/m1/s1. The summed E-state index contributed by atoms with van der Waals surface area (Å²) in [7, 11) is 0. The molecule has 1 aliphatic rings. The predicted octanol–water partition coefficient (Wildman–Crippen LogP) is 0.0246. The van der Waals surface area contributed by atoms with Crippen LogP contribution in [0.1, 0.15) is 47.0 Å². The van der Waals surface area contributed by atoms with Gasteiger partial charge in [-0.2, -0.15) is 0 Å². The summed E-state index contributed by atoms with van der Waals surface area (Å²) in [5.74, 6) is -3.16. The van der Waals surface area contributed by atoms with E-state index in [0.29, 0.717) is 0 Å². The minimum atomic E-state index is -1.79. The van der Waals surface area contributed by atoms with Crippen LogP contribution < -0.4 is 0 Å². The van der Waals surface area contributed by atoms with Gasteiger partial charge >= 0.3 is 5.97 Å². The van der Waals surface area contributed by atoms with Gasteiger partial charge < -0.3 is 25.2 Å². The Balaban J connectivity index is 3.01. The van der Waals surface area contributed by atoms with Crippen molar-refractivity contribution in [3.63, 3.8) is 0 Å². The molecule has 0 aliphatic carbocycles. The van der Waals surface area contributed by atoms with Crippen LogP contribution in [0.4, 0.5) is 0 Å². The number of aliphatic hydroxyl groups is 4. The summed E-state index contributed by atoms with van der Waals surface area (Å²) < 4.78 is 5.01. The predicted molar refractivity (Wildman–Crippen MR) is 86.0 cm³/mol. The summed E-state index contributed by atoms with van der Waals surface area (Å²) in [5, 5.41) is 40.7. The van der Waals surface area contributed by atoms with E-state index < -0.39 is 54.2 Å². The number of carbonyl (C=O) groups is 2. The molecule has 4 N–H and O–H groups in total. The molecule has 1 saturated heterocycles. The van der Waals surface area contributed by atoms with Crippen LogP contribution in [0.2, 0.25) is 0 Å². The van der Waals surface area contributed by atoms with Crippen molar-refractivity contribution in [3.05, 3.63) is 0 Å². The molecule has 0 aromatic carbocycles. The second-order valence-electron chi connectivity index (χ2n) is 7.32. The topological polar surface area (TPSA) is 124 Å². The Kier molecular flexibility index (Phi) is 7.34. The number of carbonyl (C=O) groups excluding carboxylic acids is 2. The van der Waals surface area contributed by atoms with Crippen molar-refractivity contribution in [1.82, 2.24) is 0 Å². The van der Waals surface area contributed by atoms with Crippen molar-refractivity contribution in [1.29, 1.82) is 0 Å². The Bertz CT molecular complexity index is 448. The zero-order valence-corrected chi connectivity index (χ0v) is 14.8. The summed E-state index contributed by atoms with van der Waals surface area (Å²) in [6.45, 7) is 5.49. The number of esters is 1. The van der Waals surface area contributed by atoms with Crippen LogP contribution in [0.15, 0.2) is 0 Å². The normalized spacial score (nSPS) is 43.8. The van der Waals surface area contributed by atoms with E-state index >= 15 is 0 Å². The Morgan fingerprint density at radius 1 is 1.04 bits per heavy atom. The van der Waals surface area contributed by atoms with Crippen molar-refractivity contribution >= 4 is 11.8 Å². The van der Waals surface area contributed by atoms with Gasteiger partial charge in [-0.25, -0.2) is 0 Å². The molecule has 0 radical (unpaired) electrons. The first-order valence-corrected chi connectivity index (χ1v) is 8.44. The molecule has 7 atom stereocenters. The average molecular weight is 346 g/mol. The fourth-order valence-corrected chi connectivity index (χ4v) is 2.99. The molecule has 7 heteroatoms. The average Bonchev–Trinajstić information content (AvgIpc) is 2.53. The zero-order valence-electron chi connectivity index (χ0n) is 14.8. The van der Waals surface area contributed by atoms with Gasteiger partial charge in [0.25, 0.3) is 0 Å². The number of cyclic esters (lactones) is 1. The number of ketones is 1. The highest BCUT2D eigenvalue weighted by atomic mass is 16.5. The Hall–Kier alpha value is -1.02. The Morgan fingerprint density at radius 3 is 2.21 bits per heavy atom. The van der Waals surface area contributed by atoms with Crippen LogP contribution in [0.3, 0.4) is 0 Å². The van der Waals surface area contributed by atoms with E-state index in [1.54, 1.807) is 6.92 Å². The Morgan fingerprint density at radius 2 is 1.62 bits per heavy atom. The fourth-order valence-electron chi connectivity index (χ4n) is 2.99. The van der Waals surface area contributed by atoms with Gasteiger partial charge in [-0.3, -0.25) is 9.59 Å². The van der Waals surface area contributed by atoms with E-state index in [2.05, 4.69) is 0 Å². The highest BCUT2D eigenvalue weighted by Gasteiger charge is 2.40. The maximum Gasteiger partial charge on any atom is 0.311 e. The molecular formula is C17H30O7. The van der Waals surface area contributed by atoms with Gasteiger partial charge in [0.15, 0.2) is 0 Å². The lowest BCUT2D eigenvalue weighted by molar-refractivity contribution is -0.170. The quantitative estimate of drug-likeness (QED) is 0.456. The fraction of sp³-hybridized carbons (Fsp3) is 0.882. The summed E-state index contributed by atoms with van der Waals surface area (Å²) in [4.78, 5) is 24.4. The minimum Gasteiger partial charge on any atom is -0.462 e. The van der Waals surface area contributed by atoms with Gasteiger partial charge in [-0.05, 0) is 33.1 Å². The molecule has 4 unspecified atom stereocenters. The first kappa shape index (κ1) is 21.0. The van der Waals surface area contributed by atoms with Crippen LogP contribution >= 0.6 is 0 Å². The van der Waals surface area contributed by atoms with Gasteiger partial charge in [0.1, 0.15) is 18.0 Å². The maximum absolute atomic E-state index is 12.4. The third kappa shape index (κ3) is 5.24.